The first-order chi connectivity index (χ1) is 13.2. The Hall–Kier alpha value is -2.83. The SMILES string of the molecule is CCOc1ccc(/C=C/C(=O)NCCc2nncn2C2CC2)cc1OCC. The van der Waals surface area contributed by atoms with Crippen LogP contribution in [0.3, 0.4) is 0 Å². The summed E-state index contributed by atoms with van der Waals surface area (Å²) in [6, 6.07) is 6.17. The van der Waals surface area contributed by atoms with Gasteiger partial charge in [-0.2, -0.15) is 0 Å². The molecule has 0 unspecified atom stereocenters. The van der Waals surface area contributed by atoms with Crippen molar-refractivity contribution in [3.8, 4) is 11.5 Å². The van der Waals surface area contributed by atoms with E-state index in [2.05, 4.69) is 20.1 Å². The van der Waals surface area contributed by atoms with Crippen LogP contribution in [0, 0.1) is 0 Å². The lowest BCUT2D eigenvalue weighted by molar-refractivity contribution is -0.116. The molecule has 1 saturated carbocycles. The normalized spacial score (nSPS) is 13.7. The number of hydrogen-bond acceptors (Lipinski definition) is 5. The highest BCUT2D eigenvalue weighted by Gasteiger charge is 2.25. The Kier molecular flexibility index (Phi) is 6.46. The van der Waals surface area contributed by atoms with Crippen molar-refractivity contribution in [3.05, 3.63) is 42.0 Å². The Morgan fingerprint density at radius 2 is 2.04 bits per heavy atom. The zero-order valence-electron chi connectivity index (χ0n) is 15.9. The van der Waals surface area contributed by atoms with Gasteiger partial charge >= 0.3 is 0 Å². The fraction of sp³-hybridized carbons (Fsp3) is 0.450. The number of ether oxygens (including phenoxy) is 2. The molecule has 2 aromatic rings. The number of benzene rings is 1. The van der Waals surface area contributed by atoms with E-state index in [0.717, 1.165) is 11.4 Å². The maximum absolute atomic E-state index is 12.1. The molecule has 1 amide bonds. The van der Waals surface area contributed by atoms with Crippen molar-refractivity contribution in [2.75, 3.05) is 19.8 Å². The average molecular weight is 370 g/mol. The largest absolute Gasteiger partial charge is 0.490 e. The molecule has 0 spiro atoms. The second-order valence-corrected chi connectivity index (χ2v) is 6.33. The average Bonchev–Trinajstić information content (AvgIpc) is 3.41. The molecule has 0 bridgehead atoms. The van der Waals surface area contributed by atoms with E-state index in [1.54, 1.807) is 12.4 Å². The summed E-state index contributed by atoms with van der Waals surface area (Å²) in [5.74, 6) is 2.18. The van der Waals surface area contributed by atoms with E-state index in [-0.39, 0.29) is 5.91 Å². The lowest BCUT2D eigenvalue weighted by Crippen LogP contribution is -2.24. The van der Waals surface area contributed by atoms with Gasteiger partial charge in [0.15, 0.2) is 11.5 Å². The van der Waals surface area contributed by atoms with Crippen LogP contribution >= 0.6 is 0 Å². The Labute approximate surface area is 159 Å². The summed E-state index contributed by atoms with van der Waals surface area (Å²) in [6.07, 6.45) is 8.11. The molecule has 0 saturated heterocycles. The molecule has 1 heterocycles. The van der Waals surface area contributed by atoms with E-state index in [0.29, 0.717) is 43.7 Å². The standard InChI is InChI=1S/C20H26N4O3/c1-3-26-17-9-5-15(13-18(17)27-4-2)6-10-20(25)21-12-11-19-23-22-14-24(19)16-7-8-16/h5-6,9-10,13-14,16H,3-4,7-8,11-12H2,1-2H3,(H,21,25)/b10-6+. The van der Waals surface area contributed by atoms with Gasteiger partial charge in [0.1, 0.15) is 12.2 Å². The van der Waals surface area contributed by atoms with Crippen molar-refractivity contribution in [1.29, 1.82) is 0 Å². The second kappa shape index (κ2) is 9.21. The lowest BCUT2D eigenvalue weighted by atomic mass is 10.2. The highest BCUT2D eigenvalue weighted by atomic mass is 16.5. The van der Waals surface area contributed by atoms with Gasteiger partial charge in [-0.05, 0) is 50.5 Å². The van der Waals surface area contributed by atoms with Crippen LogP contribution in [0.15, 0.2) is 30.6 Å². The molecule has 1 aromatic heterocycles. The highest BCUT2D eigenvalue weighted by molar-refractivity contribution is 5.91. The third-order valence-corrected chi connectivity index (χ3v) is 4.23. The van der Waals surface area contributed by atoms with Crippen molar-refractivity contribution in [2.45, 2.75) is 39.2 Å². The van der Waals surface area contributed by atoms with Crippen LogP contribution in [0.25, 0.3) is 6.08 Å². The van der Waals surface area contributed by atoms with Gasteiger partial charge in [0.25, 0.3) is 0 Å². The number of carbonyl (C=O) groups excluding carboxylic acids is 1. The van der Waals surface area contributed by atoms with Crippen LogP contribution < -0.4 is 14.8 Å². The van der Waals surface area contributed by atoms with Crippen molar-refractivity contribution in [2.24, 2.45) is 0 Å². The molecule has 3 rings (SSSR count). The lowest BCUT2D eigenvalue weighted by Gasteiger charge is -2.11. The molecule has 0 radical (unpaired) electrons. The number of nitrogens with one attached hydrogen (secondary N) is 1. The number of rotatable bonds is 10. The third kappa shape index (κ3) is 5.32. The molecule has 1 aliphatic carbocycles. The molecule has 1 aromatic carbocycles. The Morgan fingerprint density at radius 3 is 2.78 bits per heavy atom. The fourth-order valence-electron chi connectivity index (χ4n) is 2.80. The van der Waals surface area contributed by atoms with Gasteiger partial charge in [-0.25, -0.2) is 0 Å². The van der Waals surface area contributed by atoms with Crippen LogP contribution in [-0.4, -0.2) is 40.4 Å². The molecule has 144 valence electrons. The van der Waals surface area contributed by atoms with E-state index >= 15 is 0 Å². The number of amides is 1. The summed E-state index contributed by atoms with van der Waals surface area (Å²) in [4.78, 5) is 12.1. The van der Waals surface area contributed by atoms with Crippen LogP contribution in [0.5, 0.6) is 11.5 Å². The molecular weight excluding hydrogens is 344 g/mol. The maximum Gasteiger partial charge on any atom is 0.244 e. The van der Waals surface area contributed by atoms with Crippen LogP contribution in [-0.2, 0) is 11.2 Å². The monoisotopic (exact) mass is 370 g/mol. The van der Waals surface area contributed by atoms with Crippen molar-refractivity contribution < 1.29 is 14.3 Å². The summed E-state index contributed by atoms with van der Waals surface area (Å²) in [7, 11) is 0. The maximum atomic E-state index is 12.1. The van der Waals surface area contributed by atoms with Gasteiger partial charge in [-0.15, -0.1) is 10.2 Å². The first kappa shape index (κ1) is 18.9. The summed E-state index contributed by atoms with van der Waals surface area (Å²) in [6.45, 7) is 5.52. The smallest absolute Gasteiger partial charge is 0.244 e. The molecule has 0 aliphatic heterocycles. The Morgan fingerprint density at radius 1 is 1.26 bits per heavy atom. The molecule has 7 heteroatoms. The molecule has 1 fully saturated rings. The van der Waals surface area contributed by atoms with E-state index < -0.39 is 0 Å². The minimum Gasteiger partial charge on any atom is -0.490 e. The van der Waals surface area contributed by atoms with E-state index in [1.807, 2.05) is 32.0 Å². The number of carbonyl (C=O) groups is 1. The Balaban J connectivity index is 1.51. The predicted molar refractivity (Wildman–Crippen MR) is 103 cm³/mol. The van der Waals surface area contributed by atoms with Gasteiger partial charge in [0, 0.05) is 25.1 Å². The minimum atomic E-state index is -0.140. The molecule has 1 N–H and O–H groups in total. The first-order valence-electron chi connectivity index (χ1n) is 9.45. The van der Waals surface area contributed by atoms with Gasteiger partial charge < -0.3 is 19.4 Å². The zero-order chi connectivity index (χ0) is 19.1. The summed E-state index contributed by atoms with van der Waals surface area (Å²) >= 11 is 0. The van der Waals surface area contributed by atoms with Crippen molar-refractivity contribution in [3.63, 3.8) is 0 Å². The second-order valence-electron chi connectivity index (χ2n) is 6.33. The van der Waals surface area contributed by atoms with E-state index in [9.17, 15) is 4.79 Å². The van der Waals surface area contributed by atoms with Crippen molar-refractivity contribution >= 4 is 12.0 Å². The molecule has 1 aliphatic rings. The van der Waals surface area contributed by atoms with Gasteiger partial charge in [0.05, 0.1) is 13.2 Å². The topological polar surface area (TPSA) is 78.3 Å². The Bertz CT molecular complexity index is 796. The van der Waals surface area contributed by atoms with E-state index in [4.69, 9.17) is 9.47 Å². The van der Waals surface area contributed by atoms with Gasteiger partial charge in [-0.3, -0.25) is 4.79 Å². The first-order valence-corrected chi connectivity index (χ1v) is 9.45. The molecule has 0 atom stereocenters. The van der Waals surface area contributed by atoms with Crippen molar-refractivity contribution in [1.82, 2.24) is 20.1 Å². The number of hydrogen-bond donors (Lipinski definition) is 1. The third-order valence-electron chi connectivity index (χ3n) is 4.23. The minimum absolute atomic E-state index is 0.140. The quantitative estimate of drug-likeness (QED) is 0.651. The summed E-state index contributed by atoms with van der Waals surface area (Å²) in [5.41, 5.74) is 0.880. The van der Waals surface area contributed by atoms with Crippen LogP contribution in [0.4, 0.5) is 0 Å². The fourth-order valence-corrected chi connectivity index (χ4v) is 2.80. The van der Waals surface area contributed by atoms with Gasteiger partial charge in [-0.1, -0.05) is 6.07 Å². The molecule has 27 heavy (non-hydrogen) atoms. The van der Waals surface area contributed by atoms with Crippen LogP contribution in [0.1, 0.15) is 44.1 Å². The number of nitrogens with zero attached hydrogens (tertiary/aromatic N) is 3. The highest BCUT2D eigenvalue weighted by Crippen LogP contribution is 2.35. The molecule has 7 nitrogen and oxygen atoms in total. The summed E-state index contributed by atoms with van der Waals surface area (Å²) < 4.78 is 13.3. The zero-order valence-corrected chi connectivity index (χ0v) is 15.9. The van der Waals surface area contributed by atoms with E-state index in [1.165, 1.54) is 18.9 Å². The van der Waals surface area contributed by atoms with Gasteiger partial charge in [0.2, 0.25) is 5.91 Å². The van der Waals surface area contributed by atoms with Crippen LogP contribution in [0.2, 0.25) is 0 Å². The summed E-state index contributed by atoms with van der Waals surface area (Å²) in [5, 5.41) is 11.0. The predicted octanol–water partition coefficient (Wildman–Crippen LogP) is 2.78. The number of aromatic nitrogens is 3. The molecular formula is C20H26N4O3.